The van der Waals surface area contributed by atoms with Gasteiger partial charge in [-0.2, -0.15) is 0 Å². The molecule has 1 heterocycles. The first-order valence-electron chi connectivity index (χ1n) is 12.9. The third kappa shape index (κ3) is 9.28. The van der Waals surface area contributed by atoms with Crippen LogP contribution in [0, 0.1) is 0 Å². The molecule has 1 N–H and O–H groups in total. The maximum absolute atomic E-state index is 12.1. The van der Waals surface area contributed by atoms with Gasteiger partial charge in [-0.1, -0.05) is 36.4 Å². The first-order valence-corrected chi connectivity index (χ1v) is 12.9. The van der Waals surface area contributed by atoms with E-state index in [1.54, 1.807) is 48.5 Å². The third-order valence-corrected chi connectivity index (χ3v) is 5.81. The average Bonchev–Trinajstić information content (AvgIpc) is 2.90. The monoisotopic (exact) mass is 588 g/mol. The molecule has 5 atom stereocenters. The largest absolute Gasteiger partial charge is 0.480 e. The fourth-order valence-electron chi connectivity index (χ4n) is 4.30. The van der Waals surface area contributed by atoms with Crippen molar-refractivity contribution in [2.45, 2.75) is 65.0 Å². The van der Waals surface area contributed by atoms with Crippen molar-refractivity contribution >= 4 is 29.8 Å². The van der Waals surface area contributed by atoms with Crippen LogP contribution in [0.15, 0.2) is 48.5 Å². The van der Waals surface area contributed by atoms with Crippen LogP contribution in [0.5, 0.6) is 5.75 Å². The Bertz CT molecular complexity index is 1290. The lowest BCUT2D eigenvalue weighted by molar-refractivity contribution is -0.288. The van der Waals surface area contributed by atoms with Gasteiger partial charge < -0.3 is 38.3 Å². The molecule has 42 heavy (non-hydrogen) atoms. The van der Waals surface area contributed by atoms with Gasteiger partial charge in [0.05, 0.1) is 6.61 Å². The fourth-order valence-corrected chi connectivity index (χ4v) is 4.30. The molecule has 0 unspecified atom stereocenters. The molecule has 0 amide bonds. The number of ether oxygens (including phenoxy) is 7. The van der Waals surface area contributed by atoms with Crippen molar-refractivity contribution in [1.82, 2.24) is 0 Å². The van der Waals surface area contributed by atoms with Gasteiger partial charge in [0.25, 0.3) is 0 Å². The number of benzene rings is 2. The SMILES string of the molecule is CC(=O)OC[C@H]1O[C@H](Oc2ccccc2-c2cccc(COCC(=O)O)c2)[C@@H](OC(C)=O)[C@@H](OC(C)=O)[C@@H]1OC(C)=O. The minimum Gasteiger partial charge on any atom is -0.480 e. The minimum atomic E-state index is -1.41. The van der Waals surface area contributed by atoms with E-state index in [-0.39, 0.29) is 12.4 Å². The second kappa shape index (κ2) is 14.9. The second-order valence-electron chi connectivity index (χ2n) is 9.27. The normalized spacial score (nSPS) is 21.5. The number of para-hydroxylation sites is 1. The van der Waals surface area contributed by atoms with Gasteiger partial charge in [0, 0.05) is 33.3 Å². The molecule has 226 valence electrons. The number of esters is 4. The lowest BCUT2D eigenvalue weighted by Crippen LogP contribution is -2.63. The molecule has 1 aliphatic heterocycles. The molecule has 1 fully saturated rings. The molecule has 1 aliphatic rings. The predicted molar refractivity (Wildman–Crippen MR) is 142 cm³/mol. The Labute approximate surface area is 241 Å². The van der Waals surface area contributed by atoms with Gasteiger partial charge in [0.15, 0.2) is 12.2 Å². The number of carboxylic acids is 1. The summed E-state index contributed by atoms with van der Waals surface area (Å²) in [6.07, 6.45) is -6.66. The molecule has 1 saturated heterocycles. The Balaban J connectivity index is 2.00. The minimum absolute atomic E-state index is 0.0584. The highest BCUT2D eigenvalue weighted by Crippen LogP contribution is 2.35. The summed E-state index contributed by atoms with van der Waals surface area (Å²) in [6, 6.07) is 14.0. The first-order chi connectivity index (χ1) is 19.9. The number of carbonyl (C=O) groups excluding carboxylic acids is 4. The molecule has 0 bridgehead atoms. The zero-order valence-corrected chi connectivity index (χ0v) is 23.5. The van der Waals surface area contributed by atoms with E-state index in [1.807, 2.05) is 0 Å². The molecule has 2 aromatic rings. The summed E-state index contributed by atoms with van der Waals surface area (Å²) in [5.74, 6) is -3.70. The maximum atomic E-state index is 12.1. The van der Waals surface area contributed by atoms with Gasteiger partial charge in [-0.15, -0.1) is 0 Å². The first kappa shape index (κ1) is 32.0. The average molecular weight is 589 g/mol. The molecule has 0 aromatic heterocycles. The molecule has 0 radical (unpaired) electrons. The lowest BCUT2D eigenvalue weighted by atomic mass is 9.97. The van der Waals surface area contributed by atoms with E-state index in [0.717, 1.165) is 20.8 Å². The number of hydrogen-bond donors (Lipinski definition) is 1. The molecule has 0 spiro atoms. The van der Waals surface area contributed by atoms with Crippen molar-refractivity contribution in [3.8, 4) is 16.9 Å². The van der Waals surface area contributed by atoms with Gasteiger partial charge in [0.1, 0.15) is 25.1 Å². The number of carboxylic acid groups (broad SMARTS) is 1. The molecule has 0 aliphatic carbocycles. The zero-order chi connectivity index (χ0) is 30.8. The fraction of sp³-hybridized carbons (Fsp3) is 0.414. The summed E-state index contributed by atoms with van der Waals surface area (Å²) in [5, 5.41) is 8.84. The van der Waals surface area contributed by atoms with Crippen molar-refractivity contribution in [2.24, 2.45) is 0 Å². The summed E-state index contributed by atoms with van der Waals surface area (Å²) in [4.78, 5) is 58.5. The maximum Gasteiger partial charge on any atom is 0.329 e. The van der Waals surface area contributed by atoms with E-state index >= 15 is 0 Å². The standard InChI is InChI=1S/C29H32O13/c1-16(30)37-14-24-26(38-17(2)31)27(39-18(3)32)28(40-19(4)33)29(42-24)41-23-11-6-5-10-22(23)21-9-7-8-20(12-21)13-36-15-25(34)35/h5-12,24,26-29H,13-15H2,1-4H3,(H,34,35)/t24-,26-,27+,28+,29+/m1/s1. The molecule has 2 aromatic carbocycles. The molecule has 3 rings (SSSR count). The molecular formula is C29H32O13. The van der Waals surface area contributed by atoms with Gasteiger partial charge in [-0.05, 0) is 23.3 Å². The summed E-state index contributed by atoms with van der Waals surface area (Å²) >= 11 is 0. The molecule has 13 heteroatoms. The van der Waals surface area contributed by atoms with E-state index in [1.165, 1.54) is 6.92 Å². The Morgan fingerprint density at radius 2 is 1.43 bits per heavy atom. The van der Waals surface area contributed by atoms with Gasteiger partial charge in [0.2, 0.25) is 12.4 Å². The number of rotatable bonds is 12. The van der Waals surface area contributed by atoms with E-state index in [2.05, 4.69) is 0 Å². The predicted octanol–water partition coefficient (Wildman–Crippen LogP) is 2.42. The Kier molecular flexibility index (Phi) is 11.4. The second-order valence-corrected chi connectivity index (χ2v) is 9.27. The van der Waals surface area contributed by atoms with Crippen molar-refractivity contribution < 1.29 is 62.2 Å². The summed E-state index contributed by atoms with van der Waals surface area (Å²) in [6.45, 7) is 3.80. The van der Waals surface area contributed by atoms with E-state index in [4.69, 9.17) is 38.3 Å². The van der Waals surface area contributed by atoms with Crippen molar-refractivity contribution in [3.05, 3.63) is 54.1 Å². The quantitative estimate of drug-likeness (QED) is 0.283. The Hall–Kier alpha value is -4.49. The molecular weight excluding hydrogens is 556 g/mol. The van der Waals surface area contributed by atoms with Crippen molar-refractivity contribution in [1.29, 1.82) is 0 Å². The van der Waals surface area contributed by atoms with Crippen LogP contribution in [0.1, 0.15) is 33.3 Å². The summed E-state index contributed by atoms with van der Waals surface area (Å²) < 4.78 is 38.9. The van der Waals surface area contributed by atoms with Crippen molar-refractivity contribution in [3.63, 3.8) is 0 Å². The van der Waals surface area contributed by atoms with Crippen LogP contribution >= 0.6 is 0 Å². The Morgan fingerprint density at radius 3 is 2.07 bits per heavy atom. The molecule has 13 nitrogen and oxygen atoms in total. The van der Waals surface area contributed by atoms with E-state index < -0.39 is 73.8 Å². The summed E-state index contributed by atoms with van der Waals surface area (Å²) in [7, 11) is 0. The van der Waals surface area contributed by atoms with Crippen molar-refractivity contribution in [2.75, 3.05) is 13.2 Å². The number of hydrogen-bond acceptors (Lipinski definition) is 12. The molecule has 0 saturated carbocycles. The zero-order valence-electron chi connectivity index (χ0n) is 23.5. The smallest absolute Gasteiger partial charge is 0.329 e. The van der Waals surface area contributed by atoms with Gasteiger partial charge in [-0.3, -0.25) is 19.2 Å². The van der Waals surface area contributed by atoms with Crippen LogP contribution in [-0.4, -0.2) is 78.9 Å². The Morgan fingerprint density at radius 1 is 0.786 bits per heavy atom. The van der Waals surface area contributed by atoms with Gasteiger partial charge in [-0.25, -0.2) is 4.79 Å². The van der Waals surface area contributed by atoms with Crippen LogP contribution < -0.4 is 4.74 Å². The van der Waals surface area contributed by atoms with Gasteiger partial charge >= 0.3 is 29.8 Å². The highest BCUT2D eigenvalue weighted by molar-refractivity contribution is 5.71. The van der Waals surface area contributed by atoms with E-state index in [9.17, 15) is 24.0 Å². The lowest BCUT2D eigenvalue weighted by Gasteiger charge is -2.44. The van der Waals surface area contributed by atoms with Crippen LogP contribution in [0.2, 0.25) is 0 Å². The number of aliphatic carboxylic acids is 1. The van der Waals surface area contributed by atoms with Crippen LogP contribution in [0.3, 0.4) is 0 Å². The van der Waals surface area contributed by atoms with Crippen LogP contribution in [0.4, 0.5) is 0 Å². The third-order valence-electron chi connectivity index (χ3n) is 5.81. The summed E-state index contributed by atoms with van der Waals surface area (Å²) in [5.41, 5.74) is 1.98. The number of carbonyl (C=O) groups is 5. The highest BCUT2D eigenvalue weighted by atomic mass is 16.7. The van der Waals surface area contributed by atoms with E-state index in [0.29, 0.717) is 16.7 Å². The van der Waals surface area contributed by atoms with Crippen LogP contribution in [-0.2, 0) is 59.0 Å². The van der Waals surface area contributed by atoms with Crippen LogP contribution in [0.25, 0.3) is 11.1 Å². The highest BCUT2D eigenvalue weighted by Gasteiger charge is 2.53. The topological polar surface area (TPSA) is 170 Å².